The summed E-state index contributed by atoms with van der Waals surface area (Å²) in [6, 6.07) is 0. The molecule has 1 heterocycles. The fourth-order valence-electron chi connectivity index (χ4n) is 11.4. The molecular weight excluding hydrogens is 464 g/mol. The number of hydrogen-bond donors (Lipinski definition) is 2. The van der Waals surface area contributed by atoms with E-state index in [4.69, 9.17) is 9.47 Å². The predicted molar refractivity (Wildman–Crippen MR) is 145 cm³/mol. The summed E-state index contributed by atoms with van der Waals surface area (Å²) in [6.45, 7) is 19.7. The molecule has 4 aliphatic carbocycles. The van der Waals surface area contributed by atoms with Crippen molar-refractivity contribution >= 4 is 5.97 Å². The molecule has 0 aromatic rings. The molecule has 5 fully saturated rings. The fraction of sp³-hybridized carbons (Fsp3) is 0.969. The van der Waals surface area contributed by atoms with Gasteiger partial charge in [0.15, 0.2) is 0 Å². The fourth-order valence-corrected chi connectivity index (χ4v) is 11.4. The quantitative estimate of drug-likeness (QED) is 0.430. The highest BCUT2D eigenvalue weighted by atomic mass is 16.5. The van der Waals surface area contributed by atoms with Crippen molar-refractivity contribution in [1.29, 1.82) is 0 Å². The molecule has 5 rings (SSSR count). The van der Waals surface area contributed by atoms with Gasteiger partial charge < -0.3 is 19.7 Å². The first kappa shape index (κ1) is 27.9. The van der Waals surface area contributed by atoms with Crippen LogP contribution < -0.4 is 0 Å². The first-order chi connectivity index (χ1) is 16.9. The molecule has 0 radical (unpaired) electrons. The van der Waals surface area contributed by atoms with Gasteiger partial charge in [-0.05, 0) is 118 Å². The van der Waals surface area contributed by atoms with Crippen LogP contribution in [0.1, 0.15) is 120 Å². The van der Waals surface area contributed by atoms with E-state index in [-0.39, 0.29) is 57.5 Å². The molecule has 0 amide bonds. The van der Waals surface area contributed by atoms with Crippen LogP contribution in [0.25, 0.3) is 0 Å². The summed E-state index contributed by atoms with van der Waals surface area (Å²) < 4.78 is 13.0. The smallest absolute Gasteiger partial charge is 0.302 e. The van der Waals surface area contributed by atoms with Gasteiger partial charge in [0.1, 0.15) is 6.10 Å². The minimum Gasteiger partial charge on any atom is -0.462 e. The molecule has 5 heteroatoms. The summed E-state index contributed by atoms with van der Waals surface area (Å²) in [4.78, 5) is 12.5. The maximum Gasteiger partial charge on any atom is 0.302 e. The Kier molecular flexibility index (Phi) is 6.35. The van der Waals surface area contributed by atoms with Crippen LogP contribution in [-0.4, -0.2) is 45.7 Å². The molecule has 212 valence electrons. The lowest BCUT2D eigenvalue weighted by Crippen LogP contribution is -2.67. The number of fused-ring (bicyclic) bond motifs is 5. The minimum atomic E-state index is -0.857. The lowest BCUT2D eigenvalue weighted by atomic mass is 9.35. The van der Waals surface area contributed by atoms with Crippen molar-refractivity contribution in [2.45, 2.75) is 150 Å². The summed E-state index contributed by atoms with van der Waals surface area (Å²) in [5.74, 6) is 1.31. The highest BCUT2D eigenvalue weighted by molar-refractivity contribution is 5.66. The molecule has 1 aliphatic heterocycles. The number of carbonyl (C=O) groups excluding carboxylic acids is 1. The van der Waals surface area contributed by atoms with Crippen LogP contribution in [0.2, 0.25) is 0 Å². The molecule has 0 spiro atoms. The summed E-state index contributed by atoms with van der Waals surface area (Å²) >= 11 is 0. The van der Waals surface area contributed by atoms with Crippen molar-refractivity contribution in [3.63, 3.8) is 0 Å². The van der Waals surface area contributed by atoms with Crippen LogP contribution in [-0.2, 0) is 14.3 Å². The van der Waals surface area contributed by atoms with Crippen molar-refractivity contribution in [2.75, 3.05) is 0 Å². The third-order valence-corrected chi connectivity index (χ3v) is 13.5. The number of carbonyl (C=O) groups is 1. The first-order valence-electron chi connectivity index (χ1n) is 15.2. The molecule has 0 unspecified atom stereocenters. The van der Waals surface area contributed by atoms with Gasteiger partial charge in [0.2, 0.25) is 0 Å². The second kappa shape index (κ2) is 8.43. The zero-order valence-electron chi connectivity index (χ0n) is 25.0. The van der Waals surface area contributed by atoms with Gasteiger partial charge in [-0.3, -0.25) is 4.79 Å². The van der Waals surface area contributed by atoms with Crippen LogP contribution in [0.3, 0.4) is 0 Å². The van der Waals surface area contributed by atoms with Crippen molar-refractivity contribution in [2.24, 2.45) is 45.3 Å². The molecule has 4 saturated carbocycles. The van der Waals surface area contributed by atoms with Crippen molar-refractivity contribution < 1.29 is 24.5 Å². The van der Waals surface area contributed by atoms with Gasteiger partial charge in [-0.15, -0.1) is 0 Å². The number of ether oxygens (including phenoxy) is 2. The molecule has 2 N–H and O–H groups in total. The third kappa shape index (κ3) is 3.83. The average Bonchev–Trinajstić information content (AvgIpc) is 3.35. The number of aliphatic hydroxyl groups excluding tert-OH is 1. The first-order valence-corrected chi connectivity index (χ1v) is 15.2. The zero-order chi connectivity index (χ0) is 27.4. The molecule has 5 nitrogen and oxygen atoms in total. The van der Waals surface area contributed by atoms with Gasteiger partial charge in [0.25, 0.3) is 0 Å². The molecule has 1 saturated heterocycles. The molecule has 0 bridgehead atoms. The Hall–Kier alpha value is -0.650. The minimum absolute atomic E-state index is 0.0497. The van der Waals surface area contributed by atoms with Crippen LogP contribution >= 0.6 is 0 Å². The molecular formula is C32H54O5. The summed E-state index contributed by atoms with van der Waals surface area (Å²) in [6.07, 6.45) is 8.67. The predicted octanol–water partition coefficient (Wildman–Crippen LogP) is 6.28. The Morgan fingerprint density at radius 2 is 1.54 bits per heavy atom. The number of aliphatic hydroxyl groups is 2. The van der Waals surface area contributed by atoms with Gasteiger partial charge in [0.05, 0.1) is 23.4 Å². The Labute approximate surface area is 225 Å². The summed E-state index contributed by atoms with van der Waals surface area (Å²) in [5, 5.41) is 21.7. The topological polar surface area (TPSA) is 76.0 Å². The van der Waals surface area contributed by atoms with E-state index in [0.717, 1.165) is 51.4 Å². The Morgan fingerprint density at radius 1 is 0.892 bits per heavy atom. The second-order valence-corrected chi connectivity index (χ2v) is 16.0. The van der Waals surface area contributed by atoms with E-state index in [1.165, 1.54) is 6.42 Å². The summed E-state index contributed by atoms with van der Waals surface area (Å²) in [5.41, 5.74) is -0.944. The monoisotopic (exact) mass is 518 g/mol. The van der Waals surface area contributed by atoms with E-state index in [2.05, 4.69) is 41.5 Å². The van der Waals surface area contributed by atoms with E-state index in [1.807, 2.05) is 13.8 Å². The van der Waals surface area contributed by atoms with E-state index < -0.39 is 5.60 Å². The number of rotatable bonds is 3. The van der Waals surface area contributed by atoms with E-state index in [0.29, 0.717) is 17.8 Å². The largest absolute Gasteiger partial charge is 0.462 e. The van der Waals surface area contributed by atoms with Gasteiger partial charge in [-0.2, -0.15) is 0 Å². The Balaban J connectivity index is 1.54. The van der Waals surface area contributed by atoms with Crippen molar-refractivity contribution in [3.8, 4) is 0 Å². The lowest BCUT2D eigenvalue weighted by Gasteiger charge is -2.70. The third-order valence-electron chi connectivity index (χ3n) is 13.5. The van der Waals surface area contributed by atoms with Crippen LogP contribution in [0.5, 0.6) is 0 Å². The summed E-state index contributed by atoms with van der Waals surface area (Å²) in [7, 11) is 0. The van der Waals surface area contributed by atoms with Gasteiger partial charge in [-0.25, -0.2) is 0 Å². The molecule has 0 aromatic heterocycles. The van der Waals surface area contributed by atoms with Crippen LogP contribution in [0.4, 0.5) is 0 Å². The molecule has 11 atom stereocenters. The van der Waals surface area contributed by atoms with Gasteiger partial charge >= 0.3 is 5.97 Å². The highest BCUT2D eigenvalue weighted by Crippen LogP contribution is 2.76. The van der Waals surface area contributed by atoms with Crippen molar-refractivity contribution in [3.05, 3.63) is 0 Å². The second-order valence-electron chi connectivity index (χ2n) is 16.0. The Bertz CT molecular complexity index is 923. The maximum atomic E-state index is 12.5. The maximum absolute atomic E-state index is 12.5. The van der Waals surface area contributed by atoms with E-state index >= 15 is 0 Å². The van der Waals surface area contributed by atoms with Gasteiger partial charge in [0, 0.05) is 12.8 Å². The average molecular weight is 519 g/mol. The SMILES string of the molecule is CC(=O)O[C@@H]1C[C@@H]2[C@@]3(C)CC[C@@H](O)C(C)(C)[C@@H]3CC[C@@]2(C)[C@]2(C)CC[C@H]([C@]3(C)CC[C@H](C(C)(C)O)O3)[C@@H]12. The number of esters is 1. The Morgan fingerprint density at radius 3 is 2.14 bits per heavy atom. The molecule has 37 heavy (non-hydrogen) atoms. The van der Waals surface area contributed by atoms with Crippen LogP contribution in [0.15, 0.2) is 0 Å². The molecule has 0 aromatic carbocycles. The normalized spacial score (nSPS) is 53.2. The molecule has 5 aliphatic rings. The lowest BCUT2D eigenvalue weighted by molar-refractivity contribution is -0.252. The van der Waals surface area contributed by atoms with E-state index in [9.17, 15) is 15.0 Å². The van der Waals surface area contributed by atoms with Crippen molar-refractivity contribution in [1.82, 2.24) is 0 Å². The van der Waals surface area contributed by atoms with Gasteiger partial charge in [-0.1, -0.05) is 34.6 Å². The van der Waals surface area contributed by atoms with E-state index in [1.54, 1.807) is 6.92 Å². The zero-order valence-corrected chi connectivity index (χ0v) is 25.0. The highest BCUT2D eigenvalue weighted by Gasteiger charge is 2.72. The number of hydrogen-bond acceptors (Lipinski definition) is 5. The standard InChI is InChI=1S/C32H54O5/c1-19(33)36-21-18-23-29(6)14-12-24(34)27(2,3)22(29)11-16-30(23,7)31(8)15-10-20(26(21)31)32(9)17-13-25(37-32)28(4,5)35/h20-26,34-35H,10-18H2,1-9H3/t20-,21+,22-,23+,24+,25+,26-,29-,30+,31+,32-/m0/s1. The van der Waals surface area contributed by atoms with Crippen LogP contribution in [0, 0.1) is 45.3 Å².